The molecule has 0 aromatic rings. The highest BCUT2D eigenvalue weighted by molar-refractivity contribution is 5.90. The summed E-state index contributed by atoms with van der Waals surface area (Å²) in [5, 5.41) is 0. The zero-order chi connectivity index (χ0) is 20.6. The van der Waals surface area contributed by atoms with Crippen molar-refractivity contribution in [2.24, 2.45) is 11.3 Å². The van der Waals surface area contributed by atoms with Crippen LogP contribution in [0.4, 0.5) is 0 Å². The summed E-state index contributed by atoms with van der Waals surface area (Å²) in [6.07, 6.45) is 4.89. The Morgan fingerprint density at radius 1 is 1.00 bits per heavy atom. The number of piperidine rings is 1. The third-order valence-electron chi connectivity index (χ3n) is 5.44. The largest absolute Gasteiger partial charge is 0.467 e. The first kappa shape index (κ1) is 23.4. The van der Waals surface area contributed by atoms with E-state index in [1.165, 1.54) is 13.5 Å². The van der Waals surface area contributed by atoms with Gasteiger partial charge in [0.05, 0.1) is 13.0 Å². The standard InChI is InChI=1S/C19H32N2O4.C2H6/c1-19(2,3)14(13-16(22)20-10-6-5-7-11-20)17(23)21-12-8-9-15(21)18(24)25-4;1-2/h14-15H,5-13H2,1-4H3;1-2H3/t14-,15+;/m1./s1. The lowest BCUT2D eigenvalue weighted by Crippen LogP contribution is -2.48. The molecule has 2 fully saturated rings. The van der Waals surface area contributed by atoms with E-state index in [0.717, 1.165) is 32.4 Å². The van der Waals surface area contributed by atoms with E-state index in [-0.39, 0.29) is 29.6 Å². The SMILES string of the molecule is CC.COC(=O)[C@@H]1CCCN1C(=O)[C@@H](CC(=O)N1CCCCC1)C(C)(C)C. The van der Waals surface area contributed by atoms with Crippen LogP contribution >= 0.6 is 0 Å². The van der Waals surface area contributed by atoms with Gasteiger partial charge in [-0.2, -0.15) is 0 Å². The van der Waals surface area contributed by atoms with E-state index in [1.54, 1.807) is 4.90 Å². The highest BCUT2D eigenvalue weighted by Gasteiger charge is 2.42. The number of methoxy groups -OCH3 is 1. The normalized spacial score (nSPS) is 21.2. The molecule has 2 aliphatic heterocycles. The van der Waals surface area contributed by atoms with Gasteiger partial charge in [-0.25, -0.2) is 4.79 Å². The molecule has 2 rings (SSSR count). The molecule has 156 valence electrons. The molecular formula is C21H38N2O4. The lowest BCUT2D eigenvalue weighted by molar-refractivity contribution is -0.155. The Labute approximate surface area is 164 Å². The minimum absolute atomic E-state index is 0.0572. The molecule has 0 N–H and O–H groups in total. The molecule has 0 unspecified atom stereocenters. The summed E-state index contributed by atoms with van der Waals surface area (Å²) < 4.78 is 4.85. The van der Waals surface area contributed by atoms with Crippen molar-refractivity contribution in [2.45, 2.75) is 79.2 Å². The first-order chi connectivity index (χ1) is 12.8. The number of carbonyl (C=O) groups is 3. The van der Waals surface area contributed by atoms with E-state index in [4.69, 9.17) is 4.74 Å². The maximum absolute atomic E-state index is 13.2. The predicted molar refractivity (Wildman–Crippen MR) is 106 cm³/mol. The topological polar surface area (TPSA) is 66.9 Å². The average molecular weight is 383 g/mol. The van der Waals surface area contributed by atoms with Gasteiger partial charge in [-0.3, -0.25) is 9.59 Å². The van der Waals surface area contributed by atoms with Gasteiger partial charge in [0.25, 0.3) is 0 Å². The highest BCUT2D eigenvalue weighted by atomic mass is 16.5. The molecule has 6 heteroatoms. The molecule has 0 radical (unpaired) electrons. The zero-order valence-electron chi connectivity index (χ0n) is 18.0. The fourth-order valence-corrected chi connectivity index (χ4v) is 3.82. The van der Waals surface area contributed by atoms with Crippen molar-refractivity contribution in [3.63, 3.8) is 0 Å². The lowest BCUT2D eigenvalue weighted by Gasteiger charge is -2.36. The zero-order valence-corrected chi connectivity index (χ0v) is 18.0. The van der Waals surface area contributed by atoms with E-state index in [0.29, 0.717) is 13.0 Å². The van der Waals surface area contributed by atoms with Crippen LogP contribution in [0.5, 0.6) is 0 Å². The Bertz CT molecular complexity index is 507. The van der Waals surface area contributed by atoms with Crippen molar-refractivity contribution in [1.29, 1.82) is 0 Å². The van der Waals surface area contributed by atoms with Crippen LogP contribution < -0.4 is 0 Å². The molecule has 0 aliphatic carbocycles. The second kappa shape index (κ2) is 10.7. The number of likely N-dealkylation sites (tertiary alicyclic amines) is 2. The molecule has 0 spiro atoms. The second-order valence-electron chi connectivity index (χ2n) is 8.28. The third kappa shape index (κ3) is 6.22. The number of hydrogen-bond acceptors (Lipinski definition) is 4. The molecule has 0 aromatic carbocycles. The number of nitrogens with zero attached hydrogens (tertiary/aromatic N) is 2. The van der Waals surface area contributed by atoms with Gasteiger partial charge in [-0.05, 0) is 37.5 Å². The number of rotatable bonds is 4. The van der Waals surface area contributed by atoms with Gasteiger partial charge in [0.15, 0.2) is 0 Å². The van der Waals surface area contributed by atoms with Gasteiger partial charge in [-0.1, -0.05) is 34.6 Å². The number of ether oxygens (including phenoxy) is 1. The smallest absolute Gasteiger partial charge is 0.328 e. The molecule has 2 aliphatic rings. The van der Waals surface area contributed by atoms with Crippen LogP contribution in [-0.4, -0.2) is 60.4 Å². The van der Waals surface area contributed by atoms with Crippen LogP contribution in [0.25, 0.3) is 0 Å². The van der Waals surface area contributed by atoms with Crippen LogP contribution in [0.3, 0.4) is 0 Å². The lowest BCUT2D eigenvalue weighted by atomic mass is 9.77. The summed E-state index contributed by atoms with van der Waals surface area (Å²) in [6, 6.07) is -0.507. The van der Waals surface area contributed by atoms with Gasteiger partial charge >= 0.3 is 5.97 Å². The summed E-state index contributed by atoms with van der Waals surface area (Å²) in [5.41, 5.74) is -0.341. The van der Waals surface area contributed by atoms with Gasteiger partial charge in [-0.15, -0.1) is 0 Å². The van der Waals surface area contributed by atoms with E-state index in [9.17, 15) is 14.4 Å². The molecule has 0 saturated carbocycles. The van der Waals surface area contributed by atoms with E-state index >= 15 is 0 Å². The van der Waals surface area contributed by atoms with Crippen LogP contribution in [0.1, 0.15) is 73.1 Å². The number of esters is 1. The molecule has 27 heavy (non-hydrogen) atoms. The van der Waals surface area contributed by atoms with Crippen LogP contribution in [0.2, 0.25) is 0 Å². The highest BCUT2D eigenvalue weighted by Crippen LogP contribution is 2.34. The second-order valence-corrected chi connectivity index (χ2v) is 8.28. The Balaban J connectivity index is 0.00000176. The summed E-state index contributed by atoms with van der Waals surface area (Å²) in [5.74, 6) is -0.819. The molecule has 0 bridgehead atoms. The fraction of sp³-hybridized carbons (Fsp3) is 0.857. The monoisotopic (exact) mass is 382 g/mol. The quantitative estimate of drug-likeness (QED) is 0.700. The predicted octanol–water partition coefficient (Wildman–Crippen LogP) is 3.24. The van der Waals surface area contributed by atoms with E-state index in [1.807, 2.05) is 39.5 Å². The van der Waals surface area contributed by atoms with Crippen LogP contribution in [0.15, 0.2) is 0 Å². The molecule has 2 atom stereocenters. The molecule has 2 heterocycles. The number of carbonyl (C=O) groups excluding carboxylic acids is 3. The minimum Gasteiger partial charge on any atom is -0.467 e. The first-order valence-electron chi connectivity index (χ1n) is 10.4. The molecule has 6 nitrogen and oxygen atoms in total. The Kier molecular flexibility index (Phi) is 9.27. The maximum atomic E-state index is 13.2. The molecule has 0 aromatic heterocycles. The maximum Gasteiger partial charge on any atom is 0.328 e. The molecule has 2 amide bonds. The summed E-state index contributed by atoms with van der Waals surface area (Å²) in [6.45, 7) is 12.1. The van der Waals surface area contributed by atoms with Crippen molar-refractivity contribution in [2.75, 3.05) is 26.7 Å². The van der Waals surface area contributed by atoms with E-state index in [2.05, 4.69) is 0 Å². The first-order valence-corrected chi connectivity index (χ1v) is 10.4. The number of hydrogen-bond donors (Lipinski definition) is 0. The van der Waals surface area contributed by atoms with Gasteiger partial charge in [0, 0.05) is 26.1 Å². The van der Waals surface area contributed by atoms with Crippen molar-refractivity contribution >= 4 is 17.8 Å². The Hall–Kier alpha value is -1.59. The fourth-order valence-electron chi connectivity index (χ4n) is 3.82. The van der Waals surface area contributed by atoms with Gasteiger partial charge < -0.3 is 14.5 Å². The van der Waals surface area contributed by atoms with Crippen molar-refractivity contribution in [3.8, 4) is 0 Å². The summed E-state index contributed by atoms with van der Waals surface area (Å²) in [7, 11) is 1.35. The molecular weight excluding hydrogens is 344 g/mol. The van der Waals surface area contributed by atoms with Crippen LogP contribution in [0, 0.1) is 11.3 Å². The van der Waals surface area contributed by atoms with Crippen LogP contribution in [-0.2, 0) is 19.1 Å². The summed E-state index contributed by atoms with van der Waals surface area (Å²) >= 11 is 0. The van der Waals surface area contributed by atoms with Crippen molar-refractivity contribution in [3.05, 3.63) is 0 Å². The minimum atomic E-state index is -0.507. The van der Waals surface area contributed by atoms with Gasteiger partial charge in [0.2, 0.25) is 11.8 Å². The summed E-state index contributed by atoms with van der Waals surface area (Å²) in [4.78, 5) is 41.4. The molecule has 2 saturated heterocycles. The third-order valence-corrected chi connectivity index (χ3v) is 5.44. The van der Waals surface area contributed by atoms with Gasteiger partial charge in [0.1, 0.15) is 6.04 Å². The Morgan fingerprint density at radius 2 is 1.59 bits per heavy atom. The number of amides is 2. The average Bonchev–Trinajstić information content (AvgIpc) is 3.16. The van der Waals surface area contributed by atoms with Crippen molar-refractivity contribution in [1.82, 2.24) is 9.80 Å². The van der Waals surface area contributed by atoms with E-state index < -0.39 is 12.0 Å². The Morgan fingerprint density at radius 3 is 2.11 bits per heavy atom. The van der Waals surface area contributed by atoms with Crippen molar-refractivity contribution < 1.29 is 19.1 Å².